The molecule has 1 unspecified atom stereocenters. The Balaban J connectivity index is 0.000000231. The molecule has 1 spiro atoms. The molecule has 2 rings (SSSR count). The van der Waals surface area contributed by atoms with Gasteiger partial charge in [-0.1, -0.05) is 13.8 Å². The average molecular weight is 141 g/mol. The second kappa shape index (κ2) is 2.91. The molecule has 0 amide bonds. The van der Waals surface area contributed by atoms with E-state index in [1.807, 2.05) is 13.8 Å². The molecule has 1 nitrogen and oxygen atoms in total. The Kier molecular flexibility index (Phi) is 2.35. The minimum atomic E-state index is 0.666. The van der Waals surface area contributed by atoms with Gasteiger partial charge in [-0.25, -0.2) is 0 Å². The first kappa shape index (κ1) is 8.06. The topological polar surface area (TPSA) is 12.0 Å². The number of hydrogen-bond acceptors (Lipinski definition) is 1. The first-order valence-corrected chi connectivity index (χ1v) is 4.58. The van der Waals surface area contributed by atoms with Crippen molar-refractivity contribution >= 4 is 0 Å². The Morgan fingerprint density at radius 2 is 1.80 bits per heavy atom. The minimum Gasteiger partial charge on any atom is -0.309 e. The molecule has 1 heteroatoms. The Labute approximate surface area is 64.2 Å². The van der Waals surface area contributed by atoms with E-state index in [4.69, 9.17) is 0 Å². The Morgan fingerprint density at radius 1 is 1.20 bits per heavy atom. The SMILES string of the molecule is CC.CC1CCC2(CC2)N1. The van der Waals surface area contributed by atoms with Crippen LogP contribution in [-0.4, -0.2) is 11.6 Å². The summed E-state index contributed by atoms with van der Waals surface area (Å²) in [4.78, 5) is 0. The van der Waals surface area contributed by atoms with Crippen molar-refractivity contribution in [3.8, 4) is 0 Å². The van der Waals surface area contributed by atoms with Gasteiger partial charge in [-0.15, -0.1) is 0 Å². The third kappa shape index (κ3) is 1.51. The van der Waals surface area contributed by atoms with Crippen LogP contribution in [0.4, 0.5) is 0 Å². The maximum atomic E-state index is 3.60. The van der Waals surface area contributed by atoms with Crippen molar-refractivity contribution < 1.29 is 0 Å². The van der Waals surface area contributed by atoms with E-state index < -0.39 is 0 Å². The van der Waals surface area contributed by atoms with Gasteiger partial charge in [0.15, 0.2) is 0 Å². The average Bonchev–Trinajstić information content (AvgIpc) is 2.60. The Bertz CT molecular complexity index is 105. The molecule has 0 aromatic carbocycles. The van der Waals surface area contributed by atoms with E-state index in [0.717, 1.165) is 6.04 Å². The van der Waals surface area contributed by atoms with E-state index in [1.165, 1.54) is 25.7 Å². The number of nitrogens with one attached hydrogen (secondary N) is 1. The lowest BCUT2D eigenvalue weighted by Crippen LogP contribution is -2.28. The Morgan fingerprint density at radius 3 is 2.00 bits per heavy atom. The van der Waals surface area contributed by atoms with Crippen LogP contribution in [-0.2, 0) is 0 Å². The largest absolute Gasteiger partial charge is 0.309 e. The summed E-state index contributed by atoms with van der Waals surface area (Å²) < 4.78 is 0. The minimum absolute atomic E-state index is 0.666. The molecule has 1 aliphatic carbocycles. The molecule has 1 heterocycles. The van der Waals surface area contributed by atoms with E-state index in [1.54, 1.807) is 0 Å². The first-order valence-electron chi connectivity index (χ1n) is 4.58. The van der Waals surface area contributed by atoms with Crippen LogP contribution >= 0.6 is 0 Å². The second-order valence-corrected chi connectivity index (χ2v) is 3.36. The molecule has 0 bridgehead atoms. The predicted molar refractivity (Wildman–Crippen MR) is 45.1 cm³/mol. The molecule has 0 aromatic rings. The summed E-state index contributed by atoms with van der Waals surface area (Å²) in [6.45, 7) is 6.28. The second-order valence-electron chi connectivity index (χ2n) is 3.36. The van der Waals surface area contributed by atoms with Gasteiger partial charge >= 0.3 is 0 Å². The van der Waals surface area contributed by atoms with Gasteiger partial charge in [-0.2, -0.15) is 0 Å². The third-order valence-electron chi connectivity index (χ3n) is 2.46. The van der Waals surface area contributed by atoms with E-state index in [-0.39, 0.29) is 0 Å². The van der Waals surface area contributed by atoms with Crippen LogP contribution in [0.2, 0.25) is 0 Å². The molecule has 2 aliphatic rings. The fraction of sp³-hybridized carbons (Fsp3) is 1.00. The van der Waals surface area contributed by atoms with E-state index in [2.05, 4.69) is 12.2 Å². The van der Waals surface area contributed by atoms with Crippen LogP contribution in [0.5, 0.6) is 0 Å². The van der Waals surface area contributed by atoms with E-state index >= 15 is 0 Å². The predicted octanol–water partition coefficient (Wildman–Crippen LogP) is 2.32. The highest BCUT2D eigenvalue weighted by Crippen LogP contribution is 2.44. The quantitative estimate of drug-likeness (QED) is 0.546. The van der Waals surface area contributed by atoms with Crippen molar-refractivity contribution in [1.29, 1.82) is 0 Å². The summed E-state index contributed by atoms with van der Waals surface area (Å²) in [5.74, 6) is 0. The van der Waals surface area contributed by atoms with Gasteiger partial charge < -0.3 is 5.32 Å². The molecule has 1 saturated carbocycles. The van der Waals surface area contributed by atoms with E-state index in [9.17, 15) is 0 Å². The van der Waals surface area contributed by atoms with Gasteiger partial charge in [0.05, 0.1) is 0 Å². The van der Waals surface area contributed by atoms with Crippen LogP contribution in [0, 0.1) is 0 Å². The lowest BCUT2D eigenvalue weighted by molar-refractivity contribution is 0.552. The van der Waals surface area contributed by atoms with Crippen LogP contribution in [0.25, 0.3) is 0 Å². The van der Waals surface area contributed by atoms with Crippen LogP contribution < -0.4 is 5.32 Å². The summed E-state index contributed by atoms with van der Waals surface area (Å²) in [7, 11) is 0. The standard InChI is InChI=1S/C7H13N.C2H6/c1-6-2-3-7(8-6)4-5-7;1-2/h6,8H,2-5H2,1H3;1-2H3. The molecular weight excluding hydrogens is 122 g/mol. The smallest absolute Gasteiger partial charge is 0.0186 e. The highest BCUT2D eigenvalue weighted by molar-refractivity contribution is 5.07. The fourth-order valence-corrected chi connectivity index (χ4v) is 1.71. The van der Waals surface area contributed by atoms with Crippen molar-refractivity contribution in [2.75, 3.05) is 0 Å². The lowest BCUT2D eigenvalue weighted by atomic mass is 10.2. The van der Waals surface area contributed by atoms with Crippen molar-refractivity contribution in [1.82, 2.24) is 5.32 Å². The fourth-order valence-electron chi connectivity index (χ4n) is 1.71. The molecule has 0 aromatic heterocycles. The zero-order chi connectivity index (χ0) is 7.61. The summed E-state index contributed by atoms with van der Waals surface area (Å²) in [6, 6.07) is 0.803. The zero-order valence-corrected chi connectivity index (χ0v) is 7.41. The summed E-state index contributed by atoms with van der Waals surface area (Å²) >= 11 is 0. The maximum Gasteiger partial charge on any atom is 0.0186 e. The summed E-state index contributed by atoms with van der Waals surface area (Å²) in [5.41, 5.74) is 0.666. The van der Waals surface area contributed by atoms with Gasteiger partial charge in [0.1, 0.15) is 0 Å². The van der Waals surface area contributed by atoms with Crippen molar-refractivity contribution in [3.05, 3.63) is 0 Å². The summed E-state index contributed by atoms with van der Waals surface area (Å²) in [5, 5.41) is 3.60. The third-order valence-corrected chi connectivity index (χ3v) is 2.46. The van der Waals surface area contributed by atoms with Gasteiger partial charge in [-0.05, 0) is 32.6 Å². The first-order chi connectivity index (χ1) is 4.81. The highest BCUT2D eigenvalue weighted by Gasteiger charge is 2.46. The van der Waals surface area contributed by atoms with Crippen LogP contribution in [0.1, 0.15) is 46.5 Å². The molecule has 1 atom stereocenters. The molecule has 1 saturated heterocycles. The van der Waals surface area contributed by atoms with Gasteiger partial charge in [0.2, 0.25) is 0 Å². The van der Waals surface area contributed by atoms with Gasteiger partial charge in [-0.3, -0.25) is 0 Å². The molecular formula is C9H19N. The van der Waals surface area contributed by atoms with Gasteiger partial charge in [0.25, 0.3) is 0 Å². The van der Waals surface area contributed by atoms with E-state index in [0.29, 0.717) is 5.54 Å². The maximum absolute atomic E-state index is 3.60. The monoisotopic (exact) mass is 141 g/mol. The molecule has 60 valence electrons. The number of rotatable bonds is 0. The molecule has 10 heavy (non-hydrogen) atoms. The summed E-state index contributed by atoms with van der Waals surface area (Å²) in [6.07, 6.45) is 5.73. The number of hydrogen-bond donors (Lipinski definition) is 1. The lowest BCUT2D eigenvalue weighted by Gasteiger charge is -2.05. The Hall–Kier alpha value is -0.0400. The van der Waals surface area contributed by atoms with Crippen molar-refractivity contribution in [2.45, 2.75) is 58.0 Å². The molecule has 1 N–H and O–H groups in total. The van der Waals surface area contributed by atoms with Gasteiger partial charge in [0, 0.05) is 11.6 Å². The normalized spacial score (nSPS) is 33.3. The van der Waals surface area contributed by atoms with Crippen LogP contribution in [0.15, 0.2) is 0 Å². The molecule has 0 radical (unpaired) electrons. The molecule has 1 aliphatic heterocycles. The zero-order valence-electron chi connectivity index (χ0n) is 7.41. The van der Waals surface area contributed by atoms with Crippen LogP contribution in [0.3, 0.4) is 0 Å². The highest BCUT2D eigenvalue weighted by atomic mass is 15.1. The van der Waals surface area contributed by atoms with Crippen molar-refractivity contribution in [2.24, 2.45) is 0 Å². The van der Waals surface area contributed by atoms with Crippen molar-refractivity contribution in [3.63, 3.8) is 0 Å². The molecule has 2 fully saturated rings.